The fraction of sp³-hybridized carbons (Fsp3) is 0.600. The molecule has 2 atom stereocenters. The molecular weight excluding hydrogens is 475 g/mol. The standard InChI is InChI=1S/C30H40F3N3O/c1-22-5-3-16-36(22)23(2)25-6-8-26(9-7-25)27-10-11-28(34-19-27)37-20-24-12-17-35(18-13-24)21-29(14-4-15-29)30(31,32)33/h6-11,19,22,24,28,34H,2-5,12-18,20-21H2,1H3. The van der Waals surface area contributed by atoms with Crippen LogP contribution >= 0.6 is 0 Å². The fourth-order valence-electron chi connectivity index (χ4n) is 6.22. The van der Waals surface area contributed by atoms with Gasteiger partial charge in [-0.1, -0.05) is 43.3 Å². The van der Waals surface area contributed by atoms with Gasteiger partial charge >= 0.3 is 6.18 Å². The summed E-state index contributed by atoms with van der Waals surface area (Å²) in [5.41, 5.74) is 3.06. The number of piperidine rings is 1. The highest BCUT2D eigenvalue weighted by molar-refractivity contribution is 5.76. The smallest absolute Gasteiger partial charge is 0.369 e. The Hall–Kier alpha value is -2.25. The highest BCUT2D eigenvalue weighted by Crippen LogP contribution is 2.53. The molecule has 3 heterocycles. The van der Waals surface area contributed by atoms with Gasteiger partial charge in [0.25, 0.3) is 0 Å². The summed E-state index contributed by atoms with van der Waals surface area (Å²) in [6, 6.07) is 9.13. The fourth-order valence-corrected chi connectivity index (χ4v) is 6.22. The van der Waals surface area contributed by atoms with Crippen LogP contribution in [0.15, 0.2) is 49.2 Å². The number of likely N-dealkylation sites (tertiary alicyclic amines) is 2. The largest absolute Gasteiger partial charge is 0.395 e. The number of hydrogen-bond donors (Lipinski definition) is 1. The number of ether oxygens (including phenoxy) is 1. The predicted octanol–water partition coefficient (Wildman–Crippen LogP) is 6.43. The van der Waals surface area contributed by atoms with E-state index in [1.165, 1.54) is 18.4 Å². The number of nitrogens with one attached hydrogen (secondary N) is 1. The van der Waals surface area contributed by atoms with Crippen molar-refractivity contribution in [1.82, 2.24) is 15.1 Å². The minimum Gasteiger partial charge on any atom is -0.369 e. The number of dihydropyridines is 1. The Bertz CT molecular complexity index is 1000. The van der Waals surface area contributed by atoms with Crippen LogP contribution in [0.25, 0.3) is 11.3 Å². The molecule has 0 bridgehead atoms. The van der Waals surface area contributed by atoms with Crippen LogP contribution in [-0.4, -0.2) is 61.0 Å². The lowest BCUT2D eigenvalue weighted by atomic mass is 9.67. The molecule has 4 nitrogen and oxygen atoms in total. The second-order valence-corrected chi connectivity index (χ2v) is 11.4. The molecule has 3 aliphatic heterocycles. The molecule has 7 heteroatoms. The quantitative estimate of drug-likeness (QED) is 0.432. The lowest BCUT2D eigenvalue weighted by molar-refractivity contribution is -0.256. The van der Waals surface area contributed by atoms with Crippen molar-refractivity contribution < 1.29 is 17.9 Å². The number of allylic oxidation sites excluding steroid dienone is 2. The second-order valence-electron chi connectivity index (χ2n) is 11.4. The van der Waals surface area contributed by atoms with Gasteiger partial charge in [0.1, 0.15) is 6.23 Å². The van der Waals surface area contributed by atoms with Gasteiger partial charge < -0.3 is 19.9 Å². The van der Waals surface area contributed by atoms with E-state index in [4.69, 9.17) is 4.74 Å². The molecule has 1 aromatic rings. The molecule has 1 saturated carbocycles. The minimum absolute atomic E-state index is 0.164. The SMILES string of the molecule is C=C(c1ccc(C2=CNC(OCC3CCN(CC4(C(F)(F)F)CCC4)CC3)C=C2)cc1)N1CCCC1C. The molecule has 0 spiro atoms. The van der Waals surface area contributed by atoms with E-state index >= 15 is 0 Å². The van der Waals surface area contributed by atoms with Crippen molar-refractivity contribution in [1.29, 1.82) is 0 Å². The summed E-state index contributed by atoms with van der Waals surface area (Å²) in [7, 11) is 0. The Morgan fingerprint density at radius 1 is 1.08 bits per heavy atom. The summed E-state index contributed by atoms with van der Waals surface area (Å²) in [6.07, 6.45) is 7.35. The second kappa shape index (κ2) is 10.9. The Kier molecular flexibility index (Phi) is 7.73. The molecule has 4 aliphatic rings. The average Bonchev–Trinajstić information content (AvgIpc) is 3.30. The van der Waals surface area contributed by atoms with Crippen molar-refractivity contribution >= 4 is 11.3 Å². The average molecular weight is 516 g/mol. The molecule has 2 saturated heterocycles. The van der Waals surface area contributed by atoms with E-state index in [0.29, 0.717) is 25.0 Å². The lowest BCUT2D eigenvalue weighted by Crippen LogP contribution is -2.53. The Morgan fingerprint density at radius 3 is 2.35 bits per heavy atom. The van der Waals surface area contributed by atoms with Gasteiger partial charge in [-0.05, 0) is 87.2 Å². The molecule has 5 rings (SSSR count). The number of benzene rings is 1. The summed E-state index contributed by atoms with van der Waals surface area (Å²) in [6.45, 7) is 9.91. The molecule has 0 aromatic heterocycles. The number of rotatable bonds is 8. The van der Waals surface area contributed by atoms with Crippen LogP contribution in [0, 0.1) is 11.3 Å². The summed E-state index contributed by atoms with van der Waals surface area (Å²) < 4.78 is 46.6. The number of hydrogen-bond acceptors (Lipinski definition) is 4. The first-order chi connectivity index (χ1) is 17.7. The normalized spacial score (nSPS) is 26.5. The van der Waals surface area contributed by atoms with Gasteiger partial charge in [0.15, 0.2) is 0 Å². The van der Waals surface area contributed by atoms with E-state index in [-0.39, 0.29) is 25.6 Å². The van der Waals surface area contributed by atoms with Crippen LogP contribution in [0.3, 0.4) is 0 Å². The van der Waals surface area contributed by atoms with E-state index in [9.17, 15) is 13.2 Å². The molecule has 1 N–H and O–H groups in total. The highest BCUT2D eigenvalue weighted by atomic mass is 19.4. The van der Waals surface area contributed by atoms with Crippen LogP contribution in [0.2, 0.25) is 0 Å². The molecule has 37 heavy (non-hydrogen) atoms. The third-order valence-electron chi connectivity index (χ3n) is 8.96. The van der Waals surface area contributed by atoms with E-state index in [0.717, 1.165) is 49.3 Å². The van der Waals surface area contributed by atoms with Gasteiger partial charge in [0, 0.05) is 31.0 Å². The van der Waals surface area contributed by atoms with E-state index in [1.807, 2.05) is 17.2 Å². The van der Waals surface area contributed by atoms with Crippen molar-refractivity contribution in [3.8, 4) is 0 Å². The van der Waals surface area contributed by atoms with Crippen LogP contribution in [0.1, 0.15) is 63.0 Å². The van der Waals surface area contributed by atoms with Crippen LogP contribution in [-0.2, 0) is 4.74 Å². The zero-order valence-corrected chi connectivity index (χ0v) is 21.9. The summed E-state index contributed by atoms with van der Waals surface area (Å²) in [5.74, 6) is 0.388. The third kappa shape index (κ3) is 5.78. The van der Waals surface area contributed by atoms with Gasteiger partial charge in [0.2, 0.25) is 0 Å². The summed E-state index contributed by atoms with van der Waals surface area (Å²) in [5, 5.41) is 3.33. The molecule has 3 fully saturated rings. The molecule has 1 aromatic carbocycles. The Balaban J connectivity index is 1.05. The van der Waals surface area contributed by atoms with Gasteiger partial charge in [-0.2, -0.15) is 13.2 Å². The van der Waals surface area contributed by atoms with E-state index in [2.05, 4.69) is 54.1 Å². The number of alkyl halides is 3. The maximum Gasteiger partial charge on any atom is 0.395 e. The Morgan fingerprint density at radius 2 is 1.81 bits per heavy atom. The molecule has 202 valence electrons. The molecule has 1 aliphatic carbocycles. The maximum atomic E-state index is 13.5. The Labute approximate surface area is 219 Å². The minimum atomic E-state index is -4.08. The van der Waals surface area contributed by atoms with Crippen molar-refractivity contribution in [3.05, 3.63) is 60.3 Å². The van der Waals surface area contributed by atoms with Gasteiger partial charge in [-0.3, -0.25) is 0 Å². The number of nitrogens with zero attached hydrogens (tertiary/aromatic N) is 2. The van der Waals surface area contributed by atoms with E-state index < -0.39 is 11.6 Å². The maximum absolute atomic E-state index is 13.5. The van der Waals surface area contributed by atoms with Crippen LogP contribution < -0.4 is 5.32 Å². The van der Waals surface area contributed by atoms with Crippen LogP contribution in [0.4, 0.5) is 13.2 Å². The van der Waals surface area contributed by atoms with Crippen molar-refractivity contribution in [2.75, 3.05) is 32.8 Å². The van der Waals surface area contributed by atoms with Crippen molar-refractivity contribution in [2.45, 2.75) is 70.3 Å². The van der Waals surface area contributed by atoms with Gasteiger partial charge in [-0.25, -0.2) is 0 Å². The summed E-state index contributed by atoms with van der Waals surface area (Å²) >= 11 is 0. The summed E-state index contributed by atoms with van der Waals surface area (Å²) in [4.78, 5) is 4.42. The first-order valence-electron chi connectivity index (χ1n) is 13.9. The molecule has 0 radical (unpaired) electrons. The van der Waals surface area contributed by atoms with Gasteiger partial charge in [-0.15, -0.1) is 0 Å². The zero-order chi connectivity index (χ0) is 26.0. The first kappa shape index (κ1) is 26.4. The van der Waals surface area contributed by atoms with Gasteiger partial charge in [0.05, 0.1) is 12.0 Å². The topological polar surface area (TPSA) is 27.7 Å². The molecule has 2 unspecified atom stereocenters. The first-order valence-corrected chi connectivity index (χ1v) is 13.9. The monoisotopic (exact) mass is 515 g/mol. The van der Waals surface area contributed by atoms with E-state index in [1.54, 1.807) is 0 Å². The van der Waals surface area contributed by atoms with Crippen molar-refractivity contribution in [2.24, 2.45) is 11.3 Å². The lowest BCUT2D eigenvalue weighted by Gasteiger charge is -2.47. The zero-order valence-electron chi connectivity index (χ0n) is 21.9. The predicted molar refractivity (Wildman–Crippen MR) is 142 cm³/mol. The van der Waals surface area contributed by atoms with Crippen LogP contribution in [0.5, 0.6) is 0 Å². The molecule has 0 amide bonds. The number of halogens is 3. The molecular formula is C30H40F3N3O. The van der Waals surface area contributed by atoms with Crippen molar-refractivity contribution in [3.63, 3.8) is 0 Å². The highest BCUT2D eigenvalue weighted by Gasteiger charge is 2.58. The third-order valence-corrected chi connectivity index (χ3v) is 8.96.